The molecule has 0 atom stereocenters. The predicted molar refractivity (Wildman–Crippen MR) is 66.6 cm³/mol. The van der Waals surface area contributed by atoms with Gasteiger partial charge in [-0.15, -0.1) is 0 Å². The van der Waals surface area contributed by atoms with Crippen LogP contribution in [0.5, 0.6) is 0 Å². The van der Waals surface area contributed by atoms with E-state index in [2.05, 4.69) is 22.4 Å². The van der Waals surface area contributed by atoms with Crippen molar-refractivity contribution in [3.8, 4) is 0 Å². The first-order valence-corrected chi connectivity index (χ1v) is 5.98. The third kappa shape index (κ3) is 2.04. The van der Waals surface area contributed by atoms with Crippen molar-refractivity contribution in [1.29, 1.82) is 0 Å². The summed E-state index contributed by atoms with van der Waals surface area (Å²) in [6.45, 7) is 0.821. The van der Waals surface area contributed by atoms with Crippen molar-refractivity contribution in [2.45, 2.75) is 25.4 Å². The first-order chi connectivity index (χ1) is 7.83. The van der Waals surface area contributed by atoms with Crippen LogP contribution in [-0.4, -0.2) is 11.0 Å². The van der Waals surface area contributed by atoms with Gasteiger partial charge in [0, 0.05) is 23.5 Å². The summed E-state index contributed by atoms with van der Waals surface area (Å²) in [7, 11) is 0. The monoisotopic (exact) mass is 232 g/mol. The molecule has 0 saturated heterocycles. The lowest BCUT2D eigenvalue weighted by atomic mass is 10.1. The second-order valence-electron chi connectivity index (χ2n) is 4.29. The molecule has 1 saturated carbocycles. The van der Waals surface area contributed by atoms with Crippen molar-refractivity contribution in [2.24, 2.45) is 0 Å². The van der Waals surface area contributed by atoms with Gasteiger partial charge in [0.1, 0.15) is 5.15 Å². The molecule has 3 rings (SSSR count). The van der Waals surface area contributed by atoms with E-state index in [0.717, 1.165) is 23.0 Å². The van der Waals surface area contributed by atoms with Gasteiger partial charge in [-0.25, -0.2) is 4.98 Å². The molecule has 1 heterocycles. The van der Waals surface area contributed by atoms with Gasteiger partial charge in [0.25, 0.3) is 0 Å². The van der Waals surface area contributed by atoms with E-state index in [1.54, 1.807) is 0 Å². The Kier molecular flexibility index (Phi) is 2.54. The minimum Gasteiger partial charge on any atom is -0.310 e. The zero-order chi connectivity index (χ0) is 11.0. The Bertz CT molecular complexity index is 520. The van der Waals surface area contributed by atoms with Crippen LogP contribution in [-0.2, 0) is 6.54 Å². The van der Waals surface area contributed by atoms with Gasteiger partial charge < -0.3 is 5.32 Å². The third-order valence-corrected chi connectivity index (χ3v) is 3.24. The molecule has 82 valence electrons. The molecule has 16 heavy (non-hydrogen) atoms. The molecule has 1 fully saturated rings. The maximum absolute atomic E-state index is 6.16. The number of para-hydroxylation sites is 1. The molecule has 0 unspecified atom stereocenters. The Balaban J connectivity index is 1.93. The summed E-state index contributed by atoms with van der Waals surface area (Å²) >= 11 is 6.16. The number of rotatable bonds is 3. The zero-order valence-corrected chi connectivity index (χ0v) is 9.67. The minimum atomic E-state index is 0.617. The van der Waals surface area contributed by atoms with Crippen LogP contribution in [0.25, 0.3) is 10.9 Å². The lowest BCUT2D eigenvalue weighted by Crippen LogP contribution is -2.15. The lowest BCUT2D eigenvalue weighted by Gasteiger charge is -2.06. The highest BCUT2D eigenvalue weighted by molar-refractivity contribution is 6.30. The fourth-order valence-corrected chi connectivity index (χ4v) is 2.01. The van der Waals surface area contributed by atoms with Crippen molar-refractivity contribution in [1.82, 2.24) is 10.3 Å². The molecule has 0 spiro atoms. The van der Waals surface area contributed by atoms with Gasteiger partial charge in [0.15, 0.2) is 0 Å². The first kappa shape index (κ1) is 10.1. The van der Waals surface area contributed by atoms with Crippen molar-refractivity contribution in [2.75, 3.05) is 0 Å². The Hall–Kier alpha value is -1.12. The molecule has 2 nitrogen and oxygen atoms in total. The second-order valence-corrected chi connectivity index (χ2v) is 4.64. The van der Waals surface area contributed by atoms with E-state index in [0.29, 0.717) is 11.2 Å². The molecule has 1 N–H and O–H groups in total. The van der Waals surface area contributed by atoms with Gasteiger partial charge in [-0.2, -0.15) is 0 Å². The van der Waals surface area contributed by atoms with Crippen molar-refractivity contribution in [3.05, 3.63) is 41.0 Å². The lowest BCUT2D eigenvalue weighted by molar-refractivity contribution is 0.687. The van der Waals surface area contributed by atoms with Crippen molar-refractivity contribution >= 4 is 22.5 Å². The minimum absolute atomic E-state index is 0.617. The summed E-state index contributed by atoms with van der Waals surface area (Å²) in [6, 6.07) is 10.9. The van der Waals surface area contributed by atoms with Crippen LogP contribution in [0, 0.1) is 0 Å². The molecular formula is C13H13ClN2. The van der Waals surface area contributed by atoms with Gasteiger partial charge in [-0.3, -0.25) is 0 Å². The molecule has 1 aliphatic carbocycles. The molecular weight excluding hydrogens is 220 g/mol. The largest absolute Gasteiger partial charge is 0.310 e. The third-order valence-electron chi connectivity index (χ3n) is 2.91. The van der Waals surface area contributed by atoms with E-state index in [-0.39, 0.29) is 0 Å². The van der Waals surface area contributed by atoms with E-state index in [9.17, 15) is 0 Å². The van der Waals surface area contributed by atoms with Gasteiger partial charge in [0.2, 0.25) is 0 Å². The van der Waals surface area contributed by atoms with Crippen LogP contribution in [0.2, 0.25) is 5.15 Å². The smallest absolute Gasteiger partial charge is 0.134 e. The molecule has 1 aromatic carbocycles. The van der Waals surface area contributed by atoms with E-state index in [1.165, 1.54) is 12.8 Å². The standard InChI is InChI=1S/C13H13ClN2/c14-13-10(8-15-11-5-6-11)7-9-3-1-2-4-12(9)16-13/h1-4,7,11,15H,5-6,8H2. The second kappa shape index (κ2) is 4.04. The van der Waals surface area contributed by atoms with Gasteiger partial charge in [-0.1, -0.05) is 29.8 Å². The quantitative estimate of drug-likeness (QED) is 0.823. The van der Waals surface area contributed by atoms with E-state index >= 15 is 0 Å². The molecule has 0 bridgehead atoms. The van der Waals surface area contributed by atoms with Crippen LogP contribution in [0.3, 0.4) is 0 Å². The number of halogens is 1. The van der Waals surface area contributed by atoms with Gasteiger partial charge in [-0.05, 0) is 25.0 Å². The van der Waals surface area contributed by atoms with Crippen molar-refractivity contribution < 1.29 is 0 Å². The Labute approximate surface area is 99.6 Å². The van der Waals surface area contributed by atoms with E-state index < -0.39 is 0 Å². The molecule has 0 aliphatic heterocycles. The normalized spacial score (nSPS) is 15.6. The topological polar surface area (TPSA) is 24.9 Å². The van der Waals surface area contributed by atoms with E-state index in [4.69, 9.17) is 11.6 Å². The average Bonchev–Trinajstić information content (AvgIpc) is 3.10. The summed E-state index contributed by atoms with van der Waals surface area (Å²) in [5.41, 5.74) is 2.05. The highest BCUT2D eigenvalue weighted by Gasteiger charge is 2.20. The van der Waals surface area contributed by atoms with E-state index in [1.807, 2.05) is 18.2 Å². The number of benzene rings is 1. The molecule has 3 heteroatoms. The number of hydrogen-bond acceptors (Lipinski definition) is 2. The van der Waals surface area contributed by atoms with Crippen molar-refractivity contribution in [3.63, 3.8) is 0 Å². The molecule has 0 radical (unpaired) electrons. The molecule has 1 aromatic heterocycles. The number of pyridine rings is 1. The van der Waals surface area contributed by atoms with Gasteiger partial charge >= 0.3 is 0 Å². The van der Waals surface area contributed by atoms with Crippen LogP contribution in [0.4, 0.5) is 0 Å². The summed E-state index contributed by atoms with van der Waals surface area (Å²) in [6.07, 6.45) is 2.58. The maximum atomic E-state index is 6.16. The number of hydrogen-bond donors (Lipinski definition) is 1. The summed E-state index contributed by atoms with van der Waals surface area (Å²) in [5, 5.41) is 5.22. The Morgan fingerprint density at radius 1 is 1.31 bits per heavy atom. The summed E-state index contributed by atoms with van der Waals surface area (Å²) in [5.74, 6) is 0. The fraction of sp³-hybridized carbons (Fsp3) is 0.308. The number of fused-ring (bicyclic) bond motifs is 1. The molecule has 2 aromatic rings. The average molecular weight is 233 g/mol. The number of nitrogens with zero attached hydrogens (tertiary/aromatic N) is 1. The Morgan fingerprint density at radius 3 is 2.94 bits per heavy atom. The van der Waals surface area contributed by atoms with Gasteiger partial charge in [0.05, 0.1) is 5.52 Å². The maximum Gasteiger partial charge on any atom is 0.134 e. The van der Waals surface area contributed by atoms with Crippen LogP contribution in [0.1, 0.15) is 18.4 Å². The highest BCUT2D eigenvalue weighted by atomic mass is 35.5. The first-order valence-electron chi connectivity index (χ1n) is 5.60. The van der Waals surface area contributed by atoms with Crippen LogP contribution >= 0.6 is 11.6 Å². The number of aromatic nitrogens is 1. The summed E-state index contributed by atoms with van der Waals surface area (Å²) < 4.78 is 0. The molecule has 0 amide bonds. The SMILES string of the molecule is Clc1nc2ccccc2cc1CNC1CC1. The number of nitrogens with one attached hydrogen (secondary N) is 1. The Morgan fingerprint density at radius 2 is 2.12 bits per heavy atom. The van der Waals surface area contributed by atoms with Crippen LogP contribution in [0.15, 0.2) is 30.3 Å². The predicted octanol–water partition coefficient (Wildman–Crippen LogP) is 3.14. The fourth-order valence-electron chi connectivity index (χ4n) is 1.80. The highest BCUT2D eigenvalue weighted by Crippen LogP contribution is 2.23. The van der Waals surface area contributed by atoms with Crippen LogP contribution < -0.4 is 5.32 Å². The molecule has 1 aliphatic rings. The zero-order valence-electron chi connectivity index (χ0n) is 8.91. The summed E-state index contributed by atoms with van der Waals surface area (Å²) in [4.78, 5) is 4.40.